The van der Waals surface area contributed by atoms with Crippen LogP contribution in [0.25, 0.3) is 0 Å². The number of nitrogens with zero attached hydrogens (tertiary/aromatic N) is 2. The molecule has 1 aromatic carbocycles. The Hall–Kier alpha value is -2.13. The van der Waals surface area contributed by atoms with Gasteiger partial charge < -0.3 is 15.0 Å². The van der Waals surface area contributed by atoms with E-state index >= 15 is 0 Å². The molecule has 1 N–H and O–H groups in total. The van der Waals surface area contributed by atoms with E-state index in [1.165, 1.54) is 23.5 Å². The van der Waals surface area contributed by atoms with Crippen LogP contribution in [0.2, 0.25) is 0 Å². The van der Waals surface area contributed by atoms with Gasteiger partial charge >= 0.3 is 0 Å². The molecule has 0 atom stereocenters. The highest BCUT2D eigenvalue weighted by Crippen LogP contribution is 2.30. The normalized spacial score (nSPS) is 19.1. The van der Waals surface area contributed by atoms with Gasteiger partial charge in [0.25, 0.3) is 0 Å². The summed E-state index contributed by atoms with van der Waals surface area (Å²) in [5.41, 5.74) is 0.292. The predicted octanol–water partition coefficient (Wildman–Crippen LogP) is 2.60. The molecule has 166 valence electrons. The van der Waals surface area contributed by atoms with Crippen LogP contribution in [0.3, 0.4) is 0 Å². The van der Waals surface area contributed by atoms with Crippen LogP contribution in [0.4, 0.5) is 5.69 Å². The van der Waals surface area contributed by atoms with Crippen LogP contribution in [0.5, 0.6) is 5.75 Å². The van der Waals surface area contributed by atoms with E-state index in [0.29, 0.717) is 37.5 Å². The van der Waals surface area contributed by atoms with Gasteiger partial charge in [0.1, 0.15) is 5.75 Å². The zero-order valence-electron chi connectivity index (χ0n) is 17.6. The van der Waals surface area contributed by atoms with Crippen molar-refractivity contribution in [3.8, 4) is 5.75 Å². The molecule has 3 rings (SSSR count). The van der Waals surface area contributed by atoms with Gasteiger partial charge in [0, 0.05) is 26.1 Å². The lowest BCUT2D eigenvalue weighted by Gasteiger charge is -2.26. The van der Waals surface area contributed by atoms with E-state index in [2.05, 4.69) is 5.32 Å². The number of hydrogen-bond acceptors (Lipinski definition) is 5. The molecule has 2 fully saturated rings. The number of likely N-dealkylation sites (tertiary alicyclic amines) is 1. The number of methoxy groups -OCH3 is 1. The Bertz CT molecular complexity index is 865. The third-order valence-corrected chi connectivity index (χ3v) is 7.55. The minimum atomic E-state index is -3.63. The summed E-state index contributed by atoms with van der Waals surface area (Å²) < 4.78 is 32.7. The second kappa shape index (κ2) is 10.3. The summed E-state index contributed by atoms with van der Waals surface area (Å²) in [5, 5.41) is 2.74. The van der Waals surface area contributed by atoms with Crippen LogP contribution >= 0.6 is 0 Å². The minimum absolute atomic E-state index is 0.0155. The smallest absolute Gasteiger partial charge is 0.244 e. The number of hydrogen-bond donors (Lipinski definition) is 1. The van der Waals surface area contributed by atoms with Gasteiger partial charge in [-0.15, -0.1) is 0 Å². The summed E-state index contributed by atoms with van der Waals surface area (Å²) in [6.07, 6.45) is 7.01. The molecule has 2 aliphatic rings. The molecule has 0 unspecified atom stereocenters. The molecule has 2 aliphatic heterocycles. The lowest BCUT2D eigenvalue weighted by Crippen LogP contribution is -2.39. The number of amides is 2. The van der Waals surface area contributed by atoms with Crippen molar-refractivity contribution in [2.45, 2.75) is 56.3 Å². The number of benzene rings is 1. The summed E-state index contributed by atoms with van der Waals surface area (Å²) in [6.45, 7) is 1.53. The van der Waals surface area contributed by atoms with Gasteiger partial charge in [0.05, 0.1) is 24.2 Å². The predicted molar refractivity (Wildman–Crippen MR) is 114 cm³/mol. The van der Waals surface area contributed by atoms with Gasteiger partial charge in [-0.05, 0) is 43.9 Å². The molecule has 0 spiro atoms. The molecule has 1 aromatic rings. The topological polar surface area (TPSA) is 96.0 Å². The monoisotopic (exact) mass is 437 g/mol. The molecular weight excluding hydrogens is 406 g/mol. The summed E-state index contributed by atoms with van der Waals surface area (Å²) in [7, 11) is -2.16. The van der Waals surface area contributed by atoms with Crippen LogP contribution in [-0.4, -0.2) is 62.7 Å². The van der Waals surface area contributed by atoms with Gasteiger partial charge in [0.2, 0.25) is 21.8 Å². The molecule has 2 heterocycles. The second-order valence-corrected chi connectivity index (χ2v) is 9.79. The lowest BCUT2D eigenvalue weighted by molar-refractivity contribution is -0.135. The number of piperidine rings is 1. The Morgan fingerprint density at radius 3 is 2.43 bits per heavy atom. The number of rotatable bonds is 6. The van der Waals surface area contributed by atoms with E-state index in [0.717, 1.165) is 44.9 Å². The third-order valence-electron chi connectivity index (χ3n) is 5.65. The van der Waals surface area contributed by atoms with Crippen molar-refractivity contribution in [3.63, 3.8) is 0 Å². The fourth-order valence-corrected chi connectivity index (χ4v) is 5.49. The van der Waals surface area contributed by atoms with Crippen LogP contribution in [0.15, 0.2) is 23.1 Å². The van der Waals surface area contributed by atoms with Gasteiger partial charge in [0.15, 0.2) is 0 Å². The SMILES string of the molecule is COc1ccc(S(=O)(=O)N2CCCCC2)cc1NC(=O)CN1CCCCCCC1=O. The Morgan fingerprint density at radius 1 is 1.03 bits per heavy atom. The quantitative estimate of drug-likeness (QED) is 0.738. The Labute approximate surface area is 178 Å². The molecule has 2 saturated heterocycles. The number of ether oxygens (including phenoxy) is 1. The standard InChI is InChI=1S/C21H31N3O5S/c1-29-19-11-10-17(30(27,28)24-13-7-4-8-14-24)15-18(19)22-20(25)16-23-12-6-3-2-5-9-21(23)26/h10-11,15H,2-9,12-14,16H2,1H3,(H,22,25). The number of nitrogens with one attached hydrogen (secondary N) is 1. The van der Waals surface area contributed by atoms with Gasteiger partial charge in [-0.25, -0.2) is 8.42 Å². The molecule has 0 saturated carbocycles. The van der Waals surface area contributed by atoms with Crippen molar-refractivity contribution in [3.05, 3.63) is 18.2 Å². The van der Waals surface area contributed by atoms with E-state index in [4.69, 9.17) is 4.74 Å². The van der Waals surface area contributed by atoms with E-state index in [9.17, 15) is 18.0 Å². The van der Waals surface area contributed by atoms with Gasteiger partial charge in [-0.1, -0.05) is 19.3 Å². The number of sulfonamides is 1. The molecule has 0 radical (unpaired) electrons. The van der Waals surface area contributed by atoms with Crippen molar-refractivity contribution in [2.24, 2.45) is 0 Å². The first kappa shape index (κ1) is 22.6. The minimum Gasteiger partial charge on any atom is -0.495 e. The lowest BCUT2D eigenvalue weighted by atomic mass is 10.1. The fourth-order valence-electron chi connectivity index (χ4n) is 3.95. The summed E-state index contributed by atoms with van der Waals surface area (Å²) in [5.74, 6) is -0.00655. The highest BCUT2D eigenvalue weighted by Gasteiger charge is 2.27. The summed E-state index contributed by atoms with van der Waals surface area (Å²) in [6, 6.07) is 4.49. The molecule has 0 aromatic heterocycles. The average molecular weight is 438 g/mol. The molecule has 0 bridgehead atoms. The molecule has 30 heavy (non-hydrogen) atoms. The van der Waals surface area contributed by atoms with Crippen LogP contribution in [0.1, 0.15) is 51.4 Å². The highest BCUT2D eigenvalue weighted by atomic mass is 32.2. The highest BCUT2D eigenvalue weighted by molar-refractivity contribution is 7.89. The summed E-state index contributed by atoms with van der Waals surface area (Å²) in [4.78, 5) is 26.6. The van der Waals surface area contributed by atoms with E-state index in [1.807, 2.05) is 0 Å². The Balaban J connectivity index is 1.75. The molecule has 8 nitrogen and oxygen atoms in total. The fraction of sp³-hybridized carbons (Fsp3) is 0.619. The van der Waals surface area contributed by atoms with Gasteiger partial charge in [-0.2, -0.15) is 4.31 Å². The molecule has 2 amide bonds. The van der Waals surface area contributed by atoms with Crippen molar-refractivity contribution in [2.75, 3.05) is 38.6 Å². The molecular formula is C21H31N3O5S. The number of carbonyl (C=O) groups excluding carboxylic acids is 2. The molecule has 0 aliphatic carbocycles. The van der Waals surface area contributed by atoms with Crippen LogP contribution in [0, 0.1) is 0 Å². The Morgan fingerprint density at radius 2 is 1.70 bits per heavy atom. The van der Waals surface area contributed by atoms with Crippen molar-refractivity contribution in [1.82, 2.24) is 9.21 Å². The number of anilines is 1. The maximum absolute atomic E-state index is 13.0. The first-order valence-corrected chi connectivity index (χ1v) is 12.1. The van der Waals surface area contributed by atoms with Crippen molar-refractivity contribution in [1.29, 1.82) is 0 Å². The number of carbonyl (C=O) groups is 2. The maximum Gasteiger partial charge on any atom is 0.244 e. The first-order valence-electron chi connectivity index (χ1n) is 10.7. The molecule has 9 heteroatoms. The second-order valence-electron chi connectivity index (χ2n) is 7.85. The van der Waals surface area contributed by atoms with E-state index in [-0.39, 0.29) is 23.3 Å². The van der Waals surface area contributed by atoms with Crippen LogP contribution < -0.4 is 10.1 Å². The van der Waals surface area contributed by atoms with Crippen molar-refractivity contribution < 1.29 is 22.7 Å². The van der Waals surface area contributed by atoms with Crippen LogP contribution in [-0.2, 0) is 19.6 Å². The van der Waals surface area contributed by atoms with E-state index in [1.54, 1.807) is 11.0 Å². The average Bonchev–Trinajstić information content (AvgIpc) is 2.74. The zero-order chi connectivity index (χ0) is 21.6. The summed E-state index contributed by atoms with van der Waals surface area (Å²) >= 11 is 0. The third kappa shape index (κ3) is 5.51. The largest absolute Gasteiger partial charge is 0.495 e. The van der Waals surface area contributed by atoms with Gasteiger partial charge in [-0.3, -0.25) is 9.59 Å². The van der Waals surface area contributed by atoms with Crippen molar-refractivity contribution >= 4 is 27.5 Å². The van der Waals surface area contributed by atoms with E-state index < -0.39 is 10.0 Å². The zero-order valence-corrected chi connectivity index (χ0v) is 18.4. The Kier molecular flexibility index (Phi) is 7.71. The maximum atomic E-state index is 13.0. The first-order chi connectivity index (χ1) is 14.4.